The lowest BCUT2D eigenvalue weighted by Gasteiger charge is -2.06. The zero-order chi connectivity index (χ0) is 18.8. The molecule has 0 bridgehead atoms. The van der Waals surface area contributed by atoms with Crippen molar-refractivity contribution in [2.75, 3.05) is 10.6 Å². The third-order valence-electron chi connectivity index (χ3n) is 3.81. The summed E-state index contributed by atoms with van der Waals surface area (Å²) in [5.74, 6) is -0.403. The molecule has 26 heavy (non-hydrogen) atoms. The van der Waals surface area contributed by atoms with Gasteiger partial charge in [0.2, 0.25) is 16.9 Å². The van der Waals surface area contributed by atoms with Crippen LogP contribution in [0.1, 0.15) is 56.5 Å². The zero-order valence-electron chi connectivity index (χ0n) is 15.4. The summed E-state index contributed by atoms with van der Waals surface area (Å²) in [6, 6.07) is 7.86. The van der Waals surface area contributed by atoms with E-state index in [-0.39, 0.29) is 24.7 Å². The Bertz CT molecular complexity index is 713. The van der Waals surface area contributed by atoms with Crippen molar-refractivity contribution in [2.45, 2.75) is 58.8 Å². The average molecular weight is 375 g/mol. The third kappa shape index (κ3) is 6.92. The van der Waals surface area contributed by atoms with Crippen LogP contribution in [0.3, 0.4) is 0 Å². The van der Waals surface area contributed by atoms with Crippen molar-refractivity contribution in [1.82, 2.24) is 10.2 Å². The highest BCUT2D eigenvalue weighted by Gasteiger charge is 2.10. The molecule has 2 rings (SSSR count). The summed E-state index contributed by atoms with van der Waals surface area (Å²) in [5.41, 5.74) is 2.02. The van der Waals surface area contributed by atoms with Gasteiger partial charge in [-0.25, -0.2) is 0 Å². The van der Waals surface area contributed by atoms with Crippen LogP contribution in [0.4, 0.5) is 10.8 Å². The number of hydrogen-bond acceptors (Lipinski definition) is 5. The molecular weight excluding hydrogens is 348 g/mol. The van der Waals surface area contributed by atoms with E-state index >= 15 is 0 Å². The molecule has 0 aliphatic heterocycles. The first-order valence-corrected chi connectivity index (χ1v) is 9.93. The van der Waals surface area contributed by atoms with Gasteiger partial charge in [-0.3, -0.25) is 9.59 Å². The van der Waals surface area contributed by atoms with Crippen LogP contribution in [0.25, 0.3) is 0 Å². The molecule has 0 saturated heterocycles. The number of nitrogens with zero attached hydrogens (tertiary/aromatic N) is 2. The van der Waals surface area contributed by atoms with E-state index in [1.54, 1.807) is 0 Å². The van der Waals surface area contributed by atoms with Gasteiger partial charge in [-0.05, 0) is 37.0 Å². The monoisotopic (exact) mass is 374 g/mol. The molecule has 0 radical (unpaired) electrons. The smallest absolute Gasteiger partial charge is 0.226 e. The second-order valence-corrected chi connectivity index (χ2v) is 7.21. The summed E-state index contributed by atoms with van der Waals surface area (Å²) < 4.78 is 0. The van der Waals surface area contributed by atoms with E-state index in [1.165, 1.54) is 16.9 Å². The summed E-state index contributed by atoms with van der Waals surface area (Å²) in [6.07, 6.45) is 5.46. The van der Waals surface area contributed by atoms with Gasteiger partial charge in [-0.1, -0.05) is 43.7 Å². The van der Waals surface area contributed by atoms with Crippen molar-refractivity contribution < 1.29 is 9.59 Å². The maximum Gasteiger partial charge on any atom is 0.226 e. The standard InChI is InChI=1S/C19H26N4O2S/c1-3-5-7-14-8-10-15(11-9-14)20-16(24)12-13-17(25)21-19-23-22-18(26-19)6-4-2/h8-11H,3-7,12-13H2,1-2H3,(H,20,24)(H,21,23,25). The molecule has 1 aromatic heterocycles. The number of nitrogens with one attached hydrogen (secondary N) is 2. The maximum absolute atomic E-state index is 12.0. The second kappa shape index (κ2) is 10.7. The topological polar surface area (TPSA) is 84.0 Å². The third-order valence-corrected chi connectivity index (χ3v) is 4.71. The quantitative estimate of drug-likeness (QED) is 0.653. The molecule has 0 aliphatic rings. The van der Waals surface area contributed by atoms with E-state index in [4.69, 9.17) is 0 Å². The molecule has 7 heteroatoms. The van der Waals surface area contributed by atoms with Gasteiger partial charge in [-0.2, -0.15) is 0 Å². The van der Waals surface area contributed by atoms with Crippen molar-refractivity contribution in [3.8, 4) is 0 Å². The highest BCUT2D eigenvalue weighted by molar-refractivity contribution is 7.15. The fraction of sp³-hybridized carbons (Fsp3) is 0.474. The Morgan fingerprint density at radius 1 is 0.923 bits per heavy atom. The number of hydrogen-bond donors (Lipinski definition) is 2. The first kappa shape index (κ1) is 20.0. The van der Waals surface area contributed by atoms with Crippen molar-refractivity contribution >= 4 is 34.0 Å². The molecule has 0 aliphatic carbocycles. The Kier molecular flexibility index (Phi) is 8.21. The summed E-state index contributed by atoms with van der Waals surface area (Å²) >= 11 is 1.37. The van der Waals surface area contributed by atoms with Gasteiger partial charge in [0.15, 0.2) is 0 Å². The normalized spacial score (nSPS) is 10.5. The number of unbranched alkanes of at least 4 members (excludes halogenated alkanes) is 1. The summed E-state index contributed by atoms with van der Waals surface area (Å²) in [6.45, 7) is 4.23. The Balaban J connectivity index is 1.72. The van der Waals surface area contributed by atoms with E-state index in [0.717, 1.165) is 42.8 Å². The van der Waals surface area contributed by atoms with Gasteiger partial charge >= 0.3 is 0 Å². The van der Waals surface area contributed by atoms with Crippen molar-refractivity contribution in [3.63, 3.8) is 0 Å². The van der Waals surface area contributed by atoms with E-state index in [9.17, 15) is 9.59 Å². The van der Waals surface area contributed by atoms with Gasteiger partial charge in [0.1, 0.15) is 5.01 Å². The number of aryl methyl sites for hydroxylation is 2. The van der Waals surface area contributed by atoms with Gasteiger partial charge in [0.05, 0.1) is 0 Å². The summed E-state index contributed by atoms with van der Waals surface area (Å²) in [5, 5.41) is 14.9. The number of amides is 2. The largest absolute Gasteiger partial charge is 0.326 e. The molecule has 0 atom stereocenters. The van der Waals surface area contributed by atoms with Crippen LogP contribution >= 0.6 is 11.3 Å². The lowest BCUT2D eigenvalue weighted by molar-refractivity contribution is -0.121. The van der Waals surface area contributed by atoms with Gasteiger partial charge < -0.3 is 10.6 Å². The van der Waals surface area contributed by atoms with Crippen molar-refractivity contribution in [3.05, 3.63) is 34.8 Å². The Labute approximate surface area is 158 Å². The van der Waals surface area contributed by atoms with E-state index < -0.39 is 0 Å². The second-order valence-electron chi connectivity index (χ2n) is 6.15. The van der Waals surface area contributed by atoms with Gasteiger partial charge in [-0.15, -0.1) is 10.2 Å². The molecule has 0 saturated carbocycles. The number of carbonyl (C=O) groups is 2. The lowest BCUT2D eigenvalue weighted by atomic mass is 10.1. The molecule has 2 amide bonds. The van der Waals surface area contributed by atoms with Crippen LogP contribution < -0.4 is 10.6 Å². The summed E-state index contributed by atoms with van der Waals surface area (Å²) in [7, 11) is 0. The fourth-order valence-electron chi connectivity index (χ4n) is 2.39. The Morgan fingerprint density at radius 3 is 2.27 bits per heavy atom. The number of anilines is 2. The van der Waals surface area contributed by atoms with Gasteiger partial charge in [0.25, 0.3) is 0 Å². The minimum atomic E-state index is -0.228. The number of benzene rings is 1. The summed E-state index contributed by atoms with van der Waals surface area (Å²) in [4.78, 5) is 23.9. The lowest BCUT2D eigenvalue weighted by Crippen LogP contribution is -2.17. The van der Waals surface area contributed by atoms with Crippen LogP contribution in [0.15, 0.2) is 24.3 Å². The highest BCUT2D eigenvalue weighted by Crippen LogP contribution is 2.17. The van der Waals surface area contributed by atoms with Crippen LogP contribution in [0, 0.1) is 0 Å². The molecule has 0 spiro atoms. The first-order chi connectivity index (χ1) is 12.6. The predicted molar refractivity (Wildman–Crippen MR) is 105 cm³/mol. The first-order valence-electron chi connectivity index (χ1n) is 9.11. The SMILES string of the molecule is CCCCc1ccc(NC(=O)CCC(=O)Nc2nnc(CCC)s2)cc1. The average Bonchev–Trinajstić information content (AvgIpc) is 3.07. The van der Waals surface area contributed by atoms with Crippen LogP contribution in [-0.2, 0) is 22.4 Å². The zero-order valence-corrected chi connectivity index (χ0v) is 16.2. The number of rotatable bonds is 10. The number of carbonyl (C=O) groups excluding carboxylic acids is 2. The van der Waals surface area contributed by atoms with Crippen LogP contribution in [0.2, 0.25) is 0 Å². The fourth-order valence-corrected chi connectivity index (χ4v) is 3.24. The van der Waals surface area contributed by atoms with Crippen LogP contribution in [-0.4, -0.2) is 22.0 Å². The van der Waals surface area contributed by atoms with E-state index in [0.29, 0.717) is 5.13 Å². The molecule has 2 aromatic rings. The van der Waals surface area contributed by atoms with Crippen LogP contribution in [0.5, 0.6) is 0 Å². The minimum absolute atomic E-state index is 0.114. The molecule has 2 N–H and O–H groups in total. The molecule has 140 valence electrons. The van der Waals surface area contributed by atoms with E-state index in [2.05, 4.69) is 34.7 Å². The Morgan fingerprint density at radius 2 is 1.62 bits per heavy atom. The predicted octanol–water partition coefficient (Wildman–Crippen LogP) is 4.19. The molecular formula is C19H26N4O2S. The number of aromatic nitrogens is 2. The van der Waals surface area contributed by atoms with Crippen molar-refractivity contribution in [2.24, 2.45) is 0 Å². The maximum atomic E-state index is 12.0. The molecule has 0 unspecified atom stereocenters. The van der Waals surface area contributed by atoms with Crippen molar-refractivity contribution in [1.29, 1.82) is 0 Å². The highest BCUT2D eigenvalue weighted by atomic mass is 32.1. The molecule has 6 nitrogen and oxygen atoms in total. The van der Waals surface area contributed by atoms with E-state index in [1.807, 2.05) is 24.3 Å². The molecule has 1 aromatic carbocycles. The molecule has 0 fully saturated rings. The minimum Gasteiger partial charge on any atom is -0.326 e. The Hall–Kier alpha value is -2.28. The molecule has 1 heterocycles. The van der Waals surface area contributed by atoms with Gasteiger partial charge in [0, 0.05) is 24.9 Å².